The van der Waals surface area contributed by atoms with Gasteiger partial charge in [-0.05, 0) is 25.1 Å². The van der Waals surface area contributed by atoms with E-state index in [1.54, 1.807) is 13.0 Å². The number of benzene rings is 1. The van der Waals surface area contributed by atoms with Crippen LogP contribution < -0.4 is 15.8 Å². The highest BCUT2D eigenvalue weighted by molar-refractivity contribution is 7.16. The van der Waals surface area contributed by atoms with Crippen molar-refractivity contribution in [2.24, 2.45) is 5.73 Å². The molecule has 0 unspecified atom stereocenters. The third-order valence-electron chi connectivity index (χ3n) is 2.99. The minimum Gasteiger partial charge on any atom is -0.497 e. The molecule has 23 heavy (non-hydrogen) atoms. The molecular formula is C14H13N3O5S. The van der Waals surface area contributed by atoms with Gasteiger partial charge in [-0.3, -0.25) is 19.7 Å². The molecule has 0 bridgehead atoms. The Hall–Kier alpha value is -2.94. The summed E-state index contributed by atoms with van der Waals surface area (Å²) in [6.07, 6.45) is 0. The number of nitro groups is 1. The standard InChI is InChI=1S/C14H13N3O5S/c1-7-5-10(12(15)18)14(23-7)16-13(19)9-6-8(22-2)3-4-11(9)17(20)21/h3-6H,1-2H3,(H2,15,18)(H,16,19). The van der Waals surface area contributed by atoms with Crippen molar-refractivity contribution >= 4 is 33.8 Å². The second-order valence-corrected chi connectivity index (χ2v) is 5.81. The number of anilines is 1. The SMILES string of the molecule is COc1ccc([N+](=O)[O-])c(C(=O)Nc2sc(C)cc2C(N)=O)c1. The van der Waals surface area contributed by atoms with Crippen LogP contribution >= 0.6 is 11.3 Å². The molecule has 0 radical (unpaired) electrons. The Kier molecular flexibility index (Phi) is 4.60. The fraction of sp³-hybridized carbons (Fsp3) is 0.143. The Bertz CT molecular complexity index is 800. The molecule has 1 heterocycles. The van der Waals surface area contributed by atoms with E-state index in [1.807, 2.05) is 0 Å². The smallest absolute Gasteiger partial charge is 0.282 e. The van der Waals surface area contributed by atoms with Crippen LogP contribution in [0.4, 0.5) is 10.7 Å². The Morgan fingerprint density at radius 1 is 1.30 bits per heavy atom. The average molecular weight is 335 g/mol. The maximum atomic E-state index is 12.4. The number of rotatable bonds is 5. The molecule has 0 saturated carbocycles. The van der Waals surface area contributed by atoms with Gasteiger partial charge in [-0.1, -0.05) is 0 Å². The van der Waals surface area contributed by atoms with Crippen LogP contribution in [0.25, 0.3) is 0 Å². The fourth-order valence-electron chi connectivity index (χ4n) is 1.94. The Labute approximate surface area is 135 Å². The van der Waals surface area contributed by atoms with E-state index in [9.17, 15) is 19.7 Å². The van der Waals surface area contributed by atoms with E-state index in [4.69, 9.17) is 10.5 Å². The molecule has 2 rings (SSSR count). The van der Waals surface area contributed by atoms with Crippen LogP contribution in [0.15, 0.2) is 24.3 Å². The lowest BCUT2D eigenvalue weighted by Crippen LogP contribution is -2.17. The highest BCUT2D eigenvalue weighted by Crippen LogP contribution is 2.30. The van der Waals surface area contributed by atoms with Gasteiger partial charge < -0.3 is 15.8 Å². The van der Waals surface area contributed by atoms with E-state index in [0.717, 1.165) is 16.2 Å². The van der Waals surface area contributed by atoms with Gasteiger partial charge in [0.25, 0.3) is 17.5 Å². The van der Waals surface area contributed by atoms with Crippen molar-refractivity contribution in [3.8, 4) is 5.75 Å². The average Bonchev–Trinajstić information content (AvgIpc) is 2.87. The molecule has 3 N–H and O–H groups in total. The molecule has 0 aliphatic carbocycles. The number of ether oxygens (including phenoxy) is 1. The number of primary amides is 1. The first-order valence-corrected chi connectivity index (χ1v) is 7.19. The van der Waals surface area contributed by atoms with Gasteiger partial charge in [0.1, 0.15) is 16.3 Å². The van der Waals surface area contributed by atoms with Crippen molar-refractivity contribution in [2.75, 3.05) is 12.4 Å². The zero-order chi connectivity index (χ0) is 17.1. The van der Waals surface area contributed by atoms with Crippen molar-refractivity contribution in [3.05, 3.63) is 50.4 Å². The summed E-state index contributed by atoms with van der Waals surface area (Å²) >= 11 is 1.16. The number of nitro benzene ring substituents is 1. The second kappa shape index (κ2) is 6.44. The molecule has 0 spiro atoms. The Morgan fingerprint density at radius 2 is 2.00 bits per heavy atom. The molecule has 0 fully saturated rings. The van der Waals surface area contributed by atoms with Crippen LogP contribution in [0.3, 0.4) is 0 Å². The number of nitrogens with zero attached hydrogens (tertiary/aromatic N) is 1. The van der Waals surface area contributed by atoms with Crippen LogP contribution in [-0.4, -0.2) is 23.8 Å². The zero-order valence-corrected chi connectivity index (χ0v) is 13.1. The number of aryl methyl sites for hydroxylation is 1. The number of nitrogens with two attached hydrogens (primary N) is 1. The van der Waals surface area contributed by atoms with Gasteiger partial charge in [-0.2, -0.15) is 0 Å². The van der Waals surface area contributed by atoms with Gasteiger partial charge in [0, 0.05) is 10.9 Å². The lowest BCUT2D eigenvalue weighted by atomic mass is 10.1. The molecule has 120 valence electrons. The minimum atomic E-state index is -0.722. The molecule has 8 nitrogen and oxygen atoms in total. The summed E-state index contributed by atoms with van der Waals surface area (Å²) in [5, 5.41) is 13.8. The highest BCUT2D eigenvalue weighted by atomic mass is 32.1. The second-order valence-electron chi connectivity index (χ2n) is 4.56. The molecule has 0 atom stereocenters. The van der Waals surface area contributed by atoms with Crippen LogP contribution in [0.1, 0.15) is 25.6 Å². The first-order chi connectivity index (χ1) is 10.8. The van der Waals surface area contributed by atoms with Crippen molar-refractivity contribution < 1.29 is 19.2 Å². The van der Waals surface area contributed by atoms with E-state index in [2.05, 4.69) is 5.32 Å². The summed E-state index contributed by atoms with van der Waals surface area (Å²) < 4.78 is 4.98. The van der Waals surface area contributed by atoms with Gasteiger partial charge in [0.15, 0.2) is 0 Å². The van der Waals surface area contributed by atoms with E-state index in [-0.39, 0.29) is 21.8 Å². The van der Waals surface area contributed by atoms with Gasteiger partial charge in [-0.25, -0.2) is 0 Å². The van der Waals surface area contributed by atoms with Crippen LogP contribution in [-0.2, 0) is 0 Å². The highest BCUT2D eigenvalue weighted by Gasteiger charge is 2.23. The number of hydrogen-bond acceptors (Lipinski definition) is 6. The van der Waals surface area contributed by atoms with Gasteiger partial charge in [0.05, 0.1) is 17.6 Å². The van der Waals surface area contributed by atoms with Crippen molar-refractivity contribution in [3.63, 3.8) is 0 Å². The van der Waals surface area contributed by atoms with E-state index in [0.29, 0.717) is 5.75 Å². The Balaban J connectivity index is 2.41. The number of amides is 2. The third-order valence-corrected chi connectivity index (χ3v) is 3.96. The number of methoxy groups -OCH3 is 1. The third kappa shape index (κ3) is 3.46. The molecule has 2 amide bonds. The van der Waals surface area contributed by atoms with Crippen molar-refractivity contribution in [1.82, 2.24) is 0 Å². The van der Waals surface area contributed by atoms with E-state index in [1.165, 1.54) is 25.3 Å². The molecule has 0 aliphatic heterocycles. The van der Waals surface area contributed by atoms with Crippen molar-refractivity contribution in [2.45, 2.75) is 6.92 Å². The van der Waals surface area contributed by atoms with Crippen LogP contribution in [0.5, 0.6) is 5.75 Å². The molecule has 1 aromatic carbocycles. The first-order valence-electron chi connectivity index (χ1n) is 6.37. The first kappa shape index (κ1) is 16.4. The summed E-state index contributed by atoms with van der Waals surface area (Å²) in [7, 11) is 1.39. The molecule has 0 aliphatic rings. The number of thiophene rings is 1. The minimum absolute atomic E-state index is 0.159. The summed E-state index contributed by atoms with van der Waals surface area (Å²) in [5.41, 5.74) is 4.88. The monoisotopic (exact) mass is 335 g/mol. The summed E-state index contributed by atoms with van der Waals surface area (Å²) in [5.74, 6) is -1.11. The number of hydrogen-bond donors (Lipinski definition) is 2. The summed E-state index contributed by atoms with van der Waals surface area (Å²) in [6.45, 7) is 1.75. The number of nitrogens with one attached hydrogen (secondary N) is 1. The molecule has 1 aromatic heterocycles. The van der Waals surface area contributed by atoms with E-state index >= 15 is 0 Å². The predicted molar refractivity (Wildman–Crippen MR) is 85.2 cm³/mol. The molecule has 0 saturated heterocycles. The predicted octanol–water partition coefficient (Wildman–Crippen LogP) is 2.32. The number of carbonyl (C=O) groups excluding carboxylic acids is 2. The quantitative estimate of drug-likeness (QED) is 0.641. The van der Waals surface area contributed by atoms with Crippen molar-refractivity contribution in [1.29, 1.82) is 0 Å². The van der Waals surface area contributed by atoms with Crippen LogP contribution in [0, 0.1) is 17.0 Å². The molecular weight excluding hydrogens is 322 g/mol. The topological polar surface area (TPSA) is 125 Å². The van der Waals surface area contributed by atoms with Gasteiger partial charge in [0.2, 0.25) is 0 Å². The lowest BCUT2D eigenvalue weighted by Gasteiger charge is -2.07. The lowest BCUT2D eigenvalue weighted by molar-refractivity contribution is -0.385. The maximum absolute atomic E-state index is 12.4. The van der Waals surface area contributed by atoms with Gasteiger partial charge >= 0.3 is 0 Å². The summed E-state index contributed by atoms with van der Waals surface area (Å²) in [4.78, 5) is 34.9. The van der Waals surface area contributed by atoms with Crippen LogP contribution in [0.2, 0.25) is 0 Å². The summed E-state index contributed by atoms with van der Waals surface area (Å²) in [6, 6.07) is 5.38. The Morgan fingerprint density at radius 3 is 2.57 bits per heavy atom. The zero-order valence-electron chi connectivity index (χ0n) is 12.3. The maximum Gasteiger partial charge on any atom is 0.282 e. The molecule has 9 heteroatoms. The van der Waals surface area contributed by atoms with E-state index < -0.39 is 16.7 Å². The molecule has 2 aromatic rings. The fourth-order valence-corrected chi connectivity index (χ4v) is 2.86. The normalized spacial score (nSPS) is 10.2. The number of carbonyl (C=O) groups is 2. The van der Waals surface area contributed by atoms with Gasteiger partial charge in [-0.15, -0.1) is 11.3 Å². The largest absolute Gasteiger partial charge is 0.497 e.